The molecule has 0 saturated carbocycles. The predicted octanol–water partition coefficient (Wildman–Crippen LogP) is 4.05. The fourth-order valence-electron chi connectivity index (χ4n) is 7.51. The van der Waals surface area contributed by atoms with Gasteiger partial charge in [-0.3, -0.25) is 14.4 Å². The van der Waals surface area contributed by atoms with E-state index in [-0.39, 0.29) is 42.7 Å². The van der Waals surface area contributed by atoms with Crippen molar-refractivity contribution >= 4 is 23.4 Å². The second-order valence-corrected chi connectivity index (χ2v) is 13.4. The van der Waals surface area contributed by atoms with Crippen LogP contribution >= 0.6 is 0 Å². The molecule has 1 aromatic rings. The van der Waals surface area contributed by atoms with Gasteiger partial charge in [0.2, 0.25) is 17.7 Å². The summed E-state index contributed by atoms with van der Waals surface area (Å²) in [6.07, 6.45) is 3.82. The summed E-state index contributed by atoms with van der Waals surface area (Å²) in [7, 11) is 0. The summed E-state index contributed by atoms with van der Waals surface area (Å²) in [6.45, 7) is 21.7. The number of fused-ring (bicyclic) bond motifs is 1. The summed E-state index contributed by atoms with van der Waals surface area (Å²) in [5, 5.41) is 10.5. The molecule has 3 fully saturated rings. The van der Waals surface area contributed by atoms with Gasteiger partial charge in [-0.25, -0.2) is 0 Å². The highest BCUT2D eigenvalue weighted by molar-refractivity contribution is 6.03. The lowest BCUT2D eigenvalue weighted by Gasteiger charge is -2.44. The minimum Gasteiger partial charge on any atom is -0.394 e. The Morgan fingerprint density at radius 3 is 2.27 bits per heavy atom. The molecule has 3 unspecified atom stereocenters. The number of ether oxygens (including phenoxy) is 1. The molecule has 41 heavy (non-hydrogen) atoms. The number of carbonyl (C=O) groups excluding carboxylic acids is 3. The number of nitrogens with zero attached hydrogens (tertiary/aromatic N) is 3. The minimum absolute atomic E-state index is 0.0915. The average Bonchev–Trinajstić information content (AvgIpc) is 3.42. The summed E-state index contributed by atoms with van der Waals surface area (Å²) < 4.78 is 6.94. The zero-order valence-corrected chi connectivity index (χ0v) is 25.7. The van der Waals surface area contributed by atoms with Crippen LogP contribution < -0.4 is 4.90 Å². The second-order valence-electron chi connectivity index (χ2n) is 13.4. The third-order valence-electron chi connectivity index (χ3n) is 9.60. The Labute approximate surface area is 245 Å². The fraction of sp³-hybridized carbons (Fsp3) is 0.606. The van der Waals surface area contributed by atoms with Crippen LogP contribution in [0.2, 0.25) is 0 Å². The monoisotopic (exact) mass is 565 g/mol. The SMILES string of the molecule is C=CCN(C(=O)[C@H]1[C@H]2C(=O)N([C@@H](CO)C(C)C)C(C(=O)N(CC=C)C(C)(C)C)C23CC(C)[C@]1(C)O3)c1ccccc1. The van der Waals surface area contributed by atoms with Gasteiger partial charge in [-0.05, 0) is 58.1 Å². The molecule has 3 heterocycles. The molecule has 1 N–H and O–H groups in total. The van der Waals surface area contributed by atoms with Crippen molar-refractivity contribution in [3.63, 3.8) is 0 Å². The van der Waals surface area contributed by atoms with Gasteiger partial charge < -0.3 is 24.5 Å². The maximum absolute atomic E-state index is 14.7. The van der Waals surface area contributed by atoms with Crippen molar-refractivity contribution < 1.29 is 24.2 Å². The summed E-state index contributed by atoms with van der Waals surface area (Å²) in [5.41, 5.74) is -2.00. The van der Waals surface area contributed by atoms with Crippen molar-refractivity contribution in [2.24, 2.45) is 23.7 Å². The molecule has 0 aromatic heterocycles. The quantitative estimate of drug-likeness (QED) is 0.433. The van der Waals surface area contributed by atoms with Crippen LogP contribution in [0.5, 0.6) is 0 Å². The Balaban J connectivity index is 1.91. The minimum atomic E-state index is -1.20. The van der Waals surface area contributed by atoms with Crippen LogP contribution in [0.15, 0.2) is 55.6 Å². The van der Waals surface area contributed by atoms with Crippen molar-refractivity contribution in [1.82, 2.24) is 9.80 Å². The molecule has 1 aromatic carbocycles. The van der Waals surface area contributed by atoms with Crippen LogP contribution in [0.3, 0.4) is 0 Å². The van der Waals surface area contributed by atoms with Gasteiger partial charge in [-0.2, -0.15) is 0 Å². The molecule has 8 nitrogen and oxygen atoms in total. The molecule has 0 radical (unpaired) electrons. The van der Waals surface area contributed by atoms with Gasteiger partial charge in [0.05, 0.1) is 30.1 Å². The third-order valence-corrected chi connectivity index (χ3v) is 9.60. The Morgan fingerprint density at radius 2 is 1.76 bits per heavy atom. The van der Waals surface area contributed by atoms with E-state index in [0.717, 1.165) is 0 Å². The molecular weight excluding hydrogens is 518 g/mol. The first-order valence-electron chi connectivity index (χ1n) is 14.7. The molecule has 0 aliphatic carbocycles. The molecule has 2 bridgehead atoms. The first kappa shape index (κ1) is 31.0. The summed E-state index contributed by atoms with van der Waals surface area (Å²) in [6, 6.07) is 7.76. The first-order chi connectivity index (χ1) is 19.2. The number of rotatable bonds is 10. The average molecular weight is 566 g/mol. The van der Waals surface area contributed by atoms with Crippen LogP contribution in [0.25, 0.3) is 0 Å². The van der Waals surface area contributed by atoms with Crippen LogP contribution in [0.4, 0.5) is 5.69 Å². The zero-order chi connectivity index (χ0) is 30.5. The number of amides is 3. The van der Waals surface area contributed by atoms with E-state index in [1.165, 1.54) is 0 Å². The molecule has 3 aliphatic heterocycles. The lowest BCUT2D eigenvalue weighted by molar-refractivity contribution is -0.159. The highest BCUT2D eigenvalue weighted by Crippen LogP contribution is 2.66. The van der Waals surface area contributed by atoms with E-state index in [1.54, 1.807) is 26.9 Å². The fourth-order valence-corrected chi connectivity index (χ4v) is 7.51. The van der Waals surface area contributed by atoms with Crippen molar-refractivity contribution in [2.75, 3.05) is 24.6 Å². The number of hydrogen-bond acceptors (Lipinski definition) is 5. The van der Waals surface area contributed by atoms with E-state index in [2.05, 4.69) is 13.2 Å². The third kappa shape index (κ3) is 4.73. The highest BCUT2D eigenvalue weighted by Gasteiger charge is 2.80. The highest BCUT2D eigenvalue weighted by atomic mass is 16.5. The van der Waals surface area contributed by atoms with Crippen molar-refractivity contribution in [3.05, 3.63) is 55.6 Å². The summed E-state index contributed by atoms with van der Waals surface area (Å²) in [4.78, 5) is 48.9. The molecule has 4 rings (SSSR count). The van der Waals surface area contributed by atoms with Gasteiger partial charge in [0, 0.05) is 24.3 Å². The van der Waals surface area contributed by atoms with Crippen LogP contribution in [0, 0.1) is 23.7 Å². The number of anilines is 1. The van der Waals surface area contributed by atoms with E-state index in [1.807, 2.05) is 78.8 Å². The standard InChI is InChI=1S/C33H47N3O5/c1-10-17-34(23-15-13-12-14-16-23)28(38)25-26-29(39)36(24(20-37)21(3)4)27(30(40)35(18-11-2)31(6,7)8)33(26)19-22(5)32(25,9)41-33/h10-16,21-22,24-27,37H,1-2,17-20H2,3-9H3/t22?,24-,25+,26-,27?,32-,33?/m0/s1. The number of likely N-dealkylation sites (tertiary alicyclic amines) is 1. The van der Waals surface area contributed by atoms with E-state index in [9.17, 15) is 19.5 Å². The van der Waals surface area contributed by atoms with Crippen molar-refractivity contribution in [2.45, 2.75) is 83.7 Å². The molecule has 8 heteroatoms. The second kappa shape index (κ2) is 11.0. The van der Waals surface area contributed by atoms with Crippen LogP contribution in [0.1, 0.15) is 54.9 Å². The molecule has 1 spiro atoms. The van der Waals surface area contributed by atoms with Crippen molar-refractivity contribution in [3.8, 4) is 0 Å². The lowest BCUT2D eigenvalue weighted by Crippen LogP contribution is -2.62. The number of aliphatic hydroxyl groups excluding tert-OH is 1. The smallest absolute Gasteiger partial charge is 0.249 e. The van der Waals surface area contributed by atoms with Gasteiger partial charge in [-0.1, -0.05) is 51.1 Å². The predicted molar refractivity (Wildman–Crippen MR) is 160 cm³/mol. The Kier molecular flexibility index (Phi) is 8.33. The molecule has 7 atom stereocenters. The van der Waals surface area contributed by atoms with Crippen LogP contribution in [-0.4, -0.2) is 81.1 Å². The number of benzene rings is 1. The van der Waals surface area contributed by atoms with Gasteiger partial charge >= 0.3 is 0 Å². The van der Waals surface area contributed by atoms with E-state index >= 15 is 0 Å². The summed E-state index contributed by atoms with van der Waals surface area (Å²) >= 11 is 0. The molecule has 224 valence electrons. The largest absolute Gasteiger partial charge is 0.394 e. The topological polar surface area (TPSA) is 90.4 Å². The molecule has 3 aliphatic rings. The van der Waals surface area contributed by atoms with E-state index < -0.39 is 40.7 Å². The number of para-hydroxylation sites is 1. The Hall–Kier alpha value is -2.97. The molecule has 3 saturated heterocycles. The van der Waals surface area contributed by atoms with E-state index in [0.29, 0.717) is 18.7 Å². The number of carbonyl (C=O) groups is 3. The van der Waals surface area contributed by atoms with Gasteiger partial charge in [0.25, 0.3) is 0 Å². The normalized spacial score (nSPS) is 31.2. The molecular formula is C33H47N3O5. The van der Waals surface area contributed by atoms with Crippen LogP contribution in [-0.2, 0) is 19.1 Å². The van der Waals surface area contributed by atoms with E-state index in [4.69, 9.17) is 4.74 Å². The van der Waals surface area contributed by atoms with Gasteiger partial charge in [0.1, 0.15) is 11.6 Å². The number of aliphatic hydroxyl groups is 1. The molecule has 3 amide bonds. The Bertz CT molecular complexity index is 1190. The maximum atomic E-state index is 14.7. The van der Waals surface area contributed by atoms with Gasteiger partial charge in [0.15, 0.2) is 0 Å². The number of hydrogen-bond donors (Lipinski definition) is 1. The first-order valence-corrected chi connectivity index (χ1v) is 14.7. The maximum Gasteiger partial charge on any atom is 0.249 e. The van der Waals surface area contributed by atoms with Gasteiger partial charge in [-0.15, -0.1) is 13.2 Å². The van der Waals surface area contributed by atoms with Crippen molar-refractivity contribution in [1.29, 1.82) is 0 Å². The Morgan fingerprint density at radius 1 is 1.15 bits per heavy atom. The lowest BCUT2D eigenvalue weighted by atomic mass is 9.62. The summed E-state index contributed by atoms with van der Waals surface area (Å²) in [5.74, 6) is -2.66. The zero-order valence-electron chi connectivity index (χ0n) is 25.7.